The zero-order valence-electron chi connectivity index (χ0n) is 21.1. The largest absolute Gasteiger partial charge is 0.446 e. The molecule has 0 spiro atoms. The van der Waals surface area contributed by atoms with Crippen LogP contribution in [0.15, 0.2) is 41.6 Å². The molecule has 1 aliphatic rings. The first kappa shape index (κ1) is 27.2. The van der Waals surface area contributed by atoms with E-state index >= 15 is 0 Å². The number of hydrogen-bond donors (Lipinski definition) is 3. The van der Waals surface area contributed by atoms with Gasteiger partial charge < -0.3 is 20.1 Å². The highest BCUT2D eigenvalue weighted by atomic mass is 32.2. The van der Waals surface area contributed by atoms with Gasteiger partial charge in [0.2, 0.25) is 0 Å². The van der Waals surface area contributed by atoms with Crippen LogP contribution in [0.2, 0.25) is 0 Å². The Hall–Kier alpha value is -3.41. The monoisotopic (exact) mass is 519 g/mol. The molecule has 1 aromatic carbocycles. The highest BCUT2D eigenvalue weighted by molar-refractivity contribution is 7.90. The minimum absolute atomic E-state index is 0.0233. The van der Waals surface area contributed by atoms with Gasteiger partial charge in [-0.2, -0.15) is 0 Å². The summed E-state index contributed by atoms with van der Waals surface area (Å²) in [6.45, 7) is 8.68. The second-order valence-corrected chi connectivity index (χ2v) is 11.6. The fourth-order valence-corrected chi connectivity index (χ4v) is 4.56. The van der Waals surface area contributed by atoms with Crippen LogP contribution in [0.4, 0.5) is 21.1 Å². The van der Waals surface area contributed by atoms with E-state index in [9.17, 15) is 18.0 Å². The lowest BCUT2D eigenvalue weighted by Crippen LogP contribution is -2.36. The average molecular weight is 520 g/mol. The summed E-state index contributed by atoms with van der Waals surface area (Å²) in [6.07, 6.45) is 4.02. The summed E-state index contributed by atoms with van der Waals surface area (Å²) in [6, 6.07) is 5.87. The number of carbonyl (C=O) groups is 2. The molecule has 2 amide bonds. The Bertz CT molecular complexity index is 1160. The molecule has 1 fully saturated rings. The zero-order chi connectivity index (χ0) is 26.5. The first-order chi connectivity index (χ1) is 16.8. The summed E-state index contributed by atoms with van der Waals surface area (Å²) in [5, 5.41) is 5.80. The molecular formula is C24H33N5O6S. The molecule has 0 bridgehead atoms. The fourth-order valence-electron chi connectivity index (χ4n) is 3.68. The van der Waals surface area contributed by atoms with Crippen molar-refractivity contribution in [3.05, 3.63) is 42.4 Å². The van der Waals surface area contributed by atoms with Crippen LogP contribution in [0.3, 0.4) is 0 Å². The maximum absolute atomic E-state index is 12.4. The summed E-state index contributed by atoms with van der Waals surface area (Å²) < 4.78 is 37.2. The van der Waals surface area contributed by atoms with Crippen molar-refractivity contribution in [1.29, 1.82) is 0 Å². The third-order valence-electron chi connectivity index (χ3n) is 5.21. The number of nitrogens with one attached hydrogen (secondary N) is 3. The van der Waals surface area contributed by atoms with Gasteiger partial charge >= 0.3 is 12.2 Å². The molecule has 1 heterocycles. The van der Waals surface area contributed by atoms with Crippen LogP contribution in [0, 0.1) is 0 Å². The van der Waals surface area contributed by atoms with E-state index in [2.05, 4.69) is 20.6 Å². The molecule has 12 heteroatoms. The van der Waals surface area contributed by atoms with Gasteiger partial charge in [-0.3, -0.25) is 4.98 Å². The van der Waals surface area contributed by atoms with Crippen LogP contribution in [-0.2, 0) is 19.5 Å². The molecular weight excluding hydrogens is 486 g/mol. The first-order valence-electron chi connectivity index (χ1n) is 11.7. The number of alkyl carbamates (subject to hydrolysis) is 1. The molecule has 196 valence electrons. The van der Waals surface area contributed by atoms with E-state index in [1.54, 1.807) is 45.3 Å². The summed E-state index contributed by atoms with van der Waals surface area (Å²) in [5.74, 6) is 0.647. The van der Waals surface area contributed by atoms with Crippen molar-refractivity contribution in [3.63, 3.8) is 0 Å². The van der Waals surface area contributed by atoms with E-state index in [0.29, 0.717) is 17.9 Å². The summed E-state index contributed by atoms with van der Waals surface area (Å²) in [4.78, 5) is 32.5. The molecule has 0 saturated heterocycles. The highest BCUT2D eigenvalue weighted by Crippen LogP contribution is 2.35. The number of carbonyl (C=O) groups excluding carboxylic acids is 2. The molecule has 2 atom stereocenters. The summed E-state index contributed by atoms with van der Waals surface area (Å²) in [7, 11) is -4.07. The number of anilines is 2. The Morgan fingerprint density at radius 2 is 1.72 bits per heavy atom. The van der Waals surface area contributed by atoms with Crippen LogP contribution in [-0.4, -0.2) is 48.3 Å². The second kappa shape index (κ2) is 11.1. The molecule has 0 radical (unpaired) electrons. The Balaban J connectivity index is 1.55. The molecule has 1 aliphatic carbocycles. The number of rotatable bonds is 7. The molecule has 3 N–H and O–H groups in total. The Morgan fingerprint density at radius 3 is 2.31 bits per heavy atom. The Morgan fingerprint density at radius 1 is 1.03 bits per heavy atom. The lowest BCUT2D eigenvalue weighted by Gasteiger charge is -2.19. The number of benzene rings is 1. The van der Waals surface area contributed by atoms with E-state index in [1.165, 1.54) is 12.1 Å². The van der Waals surface area contributed by atoms with Crippen LogP contribution in [0.25, 0.3) is 0 Å². The quantitative estimate of drug-likeness (QED) is 0.489. The van der Waals surface area contributed by atoms with Gasteiger partial charge in [0.1, 0.15) is 17.5 Å². The Kier molecular flexibility index (Phi) is 8.39. The minimum Gasteiger partial charge on any atom is -0.446 e. The topological polar surface area (TPSA) is 149 Å². The van der Waals surface area contributed by atoms with Crippen molar-refractivity contribution < 1.29 is 27.5 Å². The maximum atomic E-state index is 12.4. The predicted molar refractivity (Wildman–Crippen MR) is 133 cm³/mol. The summed E-state index contributed by atoms with van der Waals surface area (Å²) >= 11 is 0. The first-order valence-corrected chi connectivity index (χ1v) is 13.2. The summed E-state index contributed by atoms with van der Waals surface area (Å²) in [5.41, 5.74) is 0.602. The van der Waals surface area contributed by atoms with Gasteiger partial charge in [0.25, 0.3) is 10.0 Å². The SMILES string of the molecule is CC(C)NC(=O)OC1CCC(c2cnc(Nc3ccc(S(=O)(=O)NC(=O)OC(C)(C)C)cc3)cn2)C1. The molecule has 11 nitrogen and oxygen atoms in total. The predicted octanol–water partition coefficient (Wildman–Crippen LogP) is 4.20. The standard InChI is InChI=1S/C24H33N5O6S/c1-15(2)27-22(30)34-18-9-6-16(12-18)20-13-26-21(14-25-20)28-17-7-10-19(11-8-17)36(32,33)29-23(31)35-24(3,4)5/h7-8,10-11,13-16,18H,6,9,12H2,1-5H3,(H,26,28)(H,27,30)(H,29,31). The average Bonchev–Trinajstić information content (AvgIpc) is 3.20. The third kappa shape index (κ3) is 8.08. The smallest absolute Gasteiger partial charge is 0.421 e. The van der Waals surface area contributed by atoms with Crippen molar-refractivity contribution in [1.82, 2.24) is 20.0 Å². The minimum atomic E-state index is -4.07. The maximum Gasteiger partial charge on any atom is 0.421 e. The van der Waals surface area contributed by atoms with E-state index in [4.69, 9.17) is 9.47 Å². The molecule has 3 rings (SSSR count). The van der Waals surface area contributed by atoms with Gasteiger partial charge in [0, 0.05) is 17.6 Å². The van der Waals surface area contributed by atoms with Crippen molar-refractivity contribution in [2.24, 2.45) is 0 Å². The van der Waals surface area contributed by atoms with Gasteiger partial charge in [0.15, 0.2) is 0 Å². The van der Waals surface area contributed by atoms with Gasteiger partial charge in [-0.25, -0.2) is 27.7 Å². The number of amides is 2. The number of ether oxygens (including phenoxy) is 2. The third-order valence-corrected chi connectivity index (χ3v) is 6.54. The lowest BCUT2D eigenvalue weighted by molar-refractivity contribution is 0.0570. The number of aromatic nitrogens is 2. The Labute approximate surface area is 211 Å². The van der Waals surface area contributed by atoms with Crippen molar-refractivity contribution in [2.75, 3.05) is 5.32 Å². The van der Waals surface area contributed by atoms with E-state index in [1.807, 2.05) is 18.6 Å². The van der Waals surface area contributed by atoms with Gasteiger partial charge in [-0.1, -0.05) is 0 Å². The van der Waals surface area contributed by atoms with Crippen molar-refractivity contribution in [2.45, 2.75) is 82.4 Å². The molecule has 1 saturated carbocycles. The molecule has 2 aromatic rings. The van der Waals surface area contributed by atoms with Gasteiger partial charge in [-0.15, -0.1) is 0 Å². The lowest BCUT2D eigenvalue weighted by atomic mass is 10.0. The van der Waals surface area contributed by atoms with Crippen LogP contribution >= 0.6 is 0 Å². The normalized spacial score (nSPS) is 17.9. The van der Waals surface area contributed by atoms with Crippen LogP contribution < -0.4 is 15.4 Å². The van der Waals surface area contributed by atoms with Crippen LogP contribution in [0.5, 0.6) is 0 Å². The molecule has 36 heavy (non-hydrogen) atoms. The number of nitrogens with zero attached hydrogens (tertiary/aromatic N) is 2. The van der Waals surface area contributed by atoms with E-state index in [-0.39, 0.29) is 23.0 Å². The molecule has 2 unspecified atom stereocenters. The van der Waals surface area contributed by atoms with E-state index in [0.717, 1.165) is 18.5 Å². The number of hydrogen-bond acceptors (Lipinski definition) is 9. The molecule has 1 aromatic heterocycles. The van der Waals surface area contributed by atoms with Crippen molar-refractivity contribution in [3.8, 4) is 0 Å². The number of sulfonamides is 1. The van der Waals surface area contributed by atoms with Crippen LogP contribution in [0.1, 0.15) is 65.5 Å². The van der Waals surface area contributed by atoms with Crippen molar-refractivity contribution >= 4 is 33.7 Å². The van der Waals surface area contributed by atoms with Gasteiger partial charge in [0.05, 0.1) is 23.0 Å². The second-order valence-electron chi connectivity index (χ2n) is 9.92. The fraction of sp³-hybridized carbons (Fsp3) is 0.500. The zero-order valence-corrected chi connectivity index (χ0v) is 21.9. The highest BCUT2D eigenvalue weighted by Gasteiger charge is 2.30. The van der Waals surface area contributed by atoms with Gasteiger partial charge in [-0.05, 0) is 78.1 Å². The molecule has 0 aliphatic heterocycles. The van der Waals surface area contributed by atoms with E-state index < -0.39 is 27.8 Å².